The minimum absolute atomic E-state index is 0.0231. The summed E-state index contributed by atoms with van der Waals surface area (Å²) in [4.78, 5) is 26.4. The standard InChI is InChI=1S/C22H25F2N3O3/c1-30-20-5-3-2-4-15(20)14-27-8-6-19(7-9-27)26-21(28)13-25-22(29)16-10-17(23)12-18(24)11-16/h2-5,10-12,19H,6-9,13-14H2,1H3,(H,25,29)(H,26,28). The van der Waals surface area contributed by atoms with E-state index >= 15 is 0 Å². The number of piperidine rings is 1. The fraction of sp³-hybridized carbons (Fsp3) is 0.364. The average molecular weight is 417 g/mol. The maximum absolute atomic E-state index is 13.2. The summed E-state index contributed by atoms with van der Waals surface area (Å²) >= 11 is 0. The number of nitrogens with zero attached hydrogens (tertiary/aromatic N) is 1. The van der Waals surface area contributed by atoms with Crippen LogP contribution in [-0.2, 0) is 11.3 Å². The topological polar surface area (TPSA) is 70.7 Å². The van der Waals surface area contributed by atoms with Crippen LogP contribution in [0, 0.1) is 11.6 Å². The van der Waals surface area contributed by atoms with Crippen LogP contribution in [-0.4, -0.2) is 49.5 Å². The van der Waals surface area contributed by atoms with Gasteiger partial charge in [0.25, 0.3) is 5.91 Å². The van der Waals surface area contributed by atoms with Gasteiger partial charge in [-0.25, -0.2) is 8.78 Å². The Labute approximate surface area is 174 Å². The Morgan fingerprint density at radius 1 is 1.10 bits per heavy atom. The Morgan fingerprint density at radius 3 is 2.43 bits per heavy atom. The predicted octanol–water partition coefficient (Wildman–Crippen LogP) is 2.48. The highest BCUT2D eigenvalue weighted by Gasteiger charge is 2.21. The van der Waals surface area contributed by atoms with Gasteiger partial charge in [0, 0.05) is 42.9 Å². The van der Waals surface area contributed by atoms with Crippen LogP contribution in [0.2, 0.25) is 0 Å². The van der Waals surface area contributed by atoms with Crippen molar-refractivity contribution >= 4 is 11.8 Å². The highest BCUT2D eigenvalue weighted by Crippen LogP contribution is 2.21. The van der Waals surface area contributed by atoms with Crippen molar-refractivity contribution in [3.63, 3.8) is 0 Å². The number of amides is 2. The van der Waals surface area contributed by atoms with Crippen LogP contribution >= 0.6 is 0 Å². The van der Waals surface area contributed by atoms with Crippen LogP contribution in [0.1, 0.15) is 28.8 Å². The zero-order chi connectivity index (χ0) is 21.5. The minimum Gasteiger partial charge on any atom is -0.496 e. The number of hydrogen-bond donors (Lipinski definition) is 2. The molecule has 6 nitrogen and oxygen atoms in total. The van der Waals surface area contributed by atoms with Crippen LogP contribution in [0.3, 0.4) is 0 Å². The van der Waals surface area contributed by atoms with Crippen molar-refractivity contribution in [1.29, 1.82) is 0 Å². The van der Waals surface area contributed by atoms with Crippen LogP contribution in [0.25, 0.3) is 0 Å². The normalized spacial score (nSPS) is 14.9. The number of carbonyl (C=O) groups excluding carboxylic acids is 2. The number of carbonyl (C=O) groups is 2. The molecule has 160 valence electrons. The monoisotopic (exact) mass is 417 g/mol. The molecule has 3 rings (SSSR count). The molecular weight excluding hydrogens is 392 g/mol. The first-order valence-electron chi connectivity index (χ1n) is 9.82. The quantitative estimate of drug-likeness (QED) is 0.726. The number of hydrogen-bond acceptors (Lipinski definition) is 4. The highest BCUT2D eigenvalue weighted by atomic mass is 19.1. The lowest BCUT2D eigenvalue weighted by Crippen LogP contribution is -2.47. The summed E-state index contributed by atoms with van der Waals surface area (Å²) in [5.41, 5.74) is 0.962. The molecule has 2 aromatic rings. The van der Waals surface area contributed by atoms with E-state index in [1.54, 1.807) is 7.11 Å². The number of rotatable bonds is 7. The van der Waals surface area contributed by atoms with Crippen molar-refractivity contribution in [1.82, 2.24) is 15.5 Å². The number of para-hydroxylation sites is 1. The van der Waals surface area contributed by atoms with Gasteiger partial charge < -0.3 is 15.4 Å². The number of likely N-dealkylation sites (tertiary alicyclic amines) is 1. The zero-order valence-electron chi connectivity index (χ0n) is 16.8. The summed E-state index contributed by atoms with van der Waals surface area (Å²) in [6.07, 6.45) is 1.59. The van der Waals surface area contributed by atoms with Gasteiger partial charge in [-0.3, -0.25) is 14.5 Å². The summed E-state index contributed by atoms with van der Waals surface area (Å²) in [5, 5.41) is 5.29. The first-order chi connectivity index (χ1) is 14.4. The third kappa shape index (κ3) is 6.00. The summed E-state index contributed by atoms with van der Waals surface area (Å²) in [6, 6.07) is 10.5. The molecule has 1 saturated heterocycles. The lowest BCUT2D eigenvalue weighted by atomic mass is 10.0. The number of methoxy groups -OCH3 is 1. The van der Waals surface area contributed by atoms with Gasteiger partial charge in [-0.2, -0.15) is 0 Å². The fourth-order valence-corrected chi connectivity index (χ4v) is 3.54. The van der Waals surface area contributed by atoms with E-state index < -0.39 is 17.5 Å². The van der Waals surface area contributed by atoms with Gasteiger partial charge in [-0.1, -0.05) is 18.2 Å². The van der Waals surface area contributed by atoms with Crippen molar-refractivity contribution < 1.29 is 23.1 Å². The molecule has 0 atom stereocenters. The molecule has 0 aromatic heterocycles. The summed E-state index contributed by atoms with van der Waals surface area (Å²) in [7, 11) is 1.66. The summed E-state index contributed by atoms with van der Waals surface area (Å²) in [5.74, 6) is -1.85. The maximum atomic E-state index is 13.2. The zero-order valence-corrected chi connectivity index (χ0v) is 16.8. The average Bonchev–Trinajstić information content (AvgIpc) is 2.73. The Hall–Kier alpha value is -3.00. The molecule has 0 spiro atoms. The van der Waals surface area contributed by atoms with Crippen LogP contribution < -0.4 is 15.4 Å². The Balaban J connectivity index is 1.41. The fourth-order valence-electron chi connectivity index (χ4n) is 3.54. The molecule has 0 unspecified atom stereocenters. The molecule has 8 heteroatoms. The summed E-state index contributed by atoms with van der Waals surface area (Å²) in [6.45, 7) is 2.19. The highest BCUT2D eigenvalue weighted by molar-refractivity contribution is 5.96. The second-order valence-electron chi connectivity index (χ2n) is 7.27. The molecular formula is C22H25F2N3O3. The van der Waals surface area contributed by atoms with E-state index in [0.717, 1.165) is 55.9 Å². The SMILES string of the molecule is COc1ccccc1CN1CCC(NC(=O)CNC(=O)c2cc(F)cc(F)c2)CC1. The second kappa shape index (κ2) is 10.2. The van der Waals surface area contributed by atoms with Gasteiger partial charge >= 0.3 is 0 Å². The summed E-state index contributed by atoms with van der Waals surface area (Å²) < 4.78 is 31.8. The largest absolute Gasteiger partial charge is 0.496 e. The van der Waals surface area contributed by atoms with Crippen molar-refractivity contribution in [2.75, 3.05) is 26.7 Å². The number of halogens is 2. The lowest BCUT2D eigenvalue weighted by molar-refractivity contribution is -0.121. The van der Waals surface area contributed by atoms with Gasteiger partial charge in [-0.15, -0.1) is 0 Å². The Kier molecular flexibility index (Phi) is 7.35. The van der Waals surface area contributed by atoms with Gasteiger partial charge in [0.2, 0.25) is 5.91 Å². The Bertz CT molecular complexity index is 879. The third-order valence-corrected chi connectivity index (χ3v) is 5.07. The molecule has 30 heavy (non-hydrogen) atoms. The first-order valence-corrected chi connectivity index (χ1v) is 9.82. The van der Waals surface area contributed by atoms with E-state index in [1.165, 1.54) is 0 Å². The minimum atomic E-state index is -0.843. The van der Waals surface area contributed by atoms with Crippen molar-refractivity contribution in [2.24, 2.45) is 0 Å². The van der Waals surface area contributed by atoms with E-state index in [2.05, 4.69) is 15.5 Å². The van der Waals surface area contributed by atoms with Crippen LogP contribution in [0.5, 0.6) is 5.75 Å². The first kappa shape index (κ1) is 21.7. The molecule has 0 aliphatic carbocycles. The van der Waals surface area contributed by atoms with Crippen LogP contribution in [0.15, 0.2) is 42.5 Å². The molecule has 1 fully saturated rings. The lowest BCUT2D eigenvalue weighted by Gasteiger charge is -2.32. The molecule has 2 amide bonds. The molecule has 2 aromatic carbocycles. The van der Waals surface area contributed by atoms with E-state index in [-0.39, 0.29) is 24.1 Å². The third-order valence-electron chi connectivity index (χ3n) is 5.07. The van der Waals surface area contributed by atoms with Crippen molar-refractivity contribution in [3.8, 4) is 5.75 Å². The molecule has 0 bridgehead atoms. The number of nitrogens with one attached hydrogen (secondary N) is 2. The van der Waals surface area contributed by atoms with Crippen LogP contribution in [0.4, 0.5) is 8.78 Å². The van der Waals surface area contributed by atoms with E-state index in [0.29, 0.717) is 6.07 Å². The molecule has 0 saturated carbocycles. The second-order valence-corrected chi connectivity index (χ2v) is 7.27. The van der Waals surface area contributed by atoms with Crippen molar-refractivity contribution in [2.45, 2.75) is 25.4 Å². The van der Waals surface area contributed by atoms with E-state index in [9.17, 15) is 18.4 Å². The molecule has 1 heterocycles. The Morgan fingerprint density at radius 2 is 1.77 bits per heavy atom. The molecule has 1 aliphatic rings. The van der Waals surface area contributed by atoms with Gasteiger partial charge in [0.15, 0.2) is 0 Å². The van der Waals surface area contributed by atoms with E-state index in [4.69, 9.17) is 4.74 Å². The van der Waals surface area contributed by atoms with Gasteiger partial charge in [0.05, 0.1) is 13.7 Å². The predicted molar refractivity (Wildman–Crippen MR) is 108 cm³/mol. The molecule has 1 aliphatic heterocycles. The molecule has 0 radical (unpaired) electrons. The maximum Gasteiger partial charge on any atom is 0.251 e. The van der Waals surface area contributed by atoms with E-state index in [1.807, 2.05) is 24.3 Å². The number of benzene rings is 2. The smallest absolute Gasteiger partial charge is 0.251 e. The number of ether oxygens (including phenoxy) is 1. The van der Waals surface area contributed by atoms with Gasteiger partial charge in [0.1, 0.15) is 17.4 Å². The molecule has 2 N–H and O–H groups in total. The van der Waals surface area contributed by atoms with Crippen molar-refractivity contribution in [3.05, 3.63) is 65.2 Å². The van der Waals surface area contributed by atoms with Gasteiger partial charge in [-0.05, 0) is 31.0 Å².